The molecule has 0 spiro atoms. The number of ether oxygens (including phenoxy) is 1. The second-order valence-electron chi connectivity index (χ2n) is 4.10. The molecule has 1 N–H and O–H groups in total. The lowest BCUT2D eigenvalue weighted by molar-refractivity contribution is -0.112. The van der Waals surface area contributed by atoms with Crippen LogP contribution in [-0.2, 0) is 4.79 Å². The van der Waals surface area contributed by atoms with Gasteiger partial charge in [0, 0.05) is 12.4 Å². The van der Waals surface area contributed by atoms with Crippen LogP contribution in [0.4, 0.5) is 5.69 Å². The molecule has 2 aromatic rings. The second kappa shape index (κ2) is 6.87. The van der Waals surface area contributed by atoms with Crippen molar-refractivity contribution in [2.75, 3.05) is 12.4 Å². The Balaban J connectivity index is 2.22. The fourth-order valence-corrected chi connectivity index (χ4v) is 1.71. The van der Waals surface area contributed by atoms with Crippen LogP contribution in [-0.4, -0.2) is 18.0 Å². The van der Waals surface area contributed by atoms with Gasteiger partial charge in [-0.05, 0) is 35.9 Å². The molecule has 1 aromatic heterocycles. The maximum absolute atomic E-state index is 12.1. The number of nitrogens with zero attached hydrogens (tertiary/aromatic N) is 2. The van der Waals surface area contributed by atoms with E-state index in [-0.39, 0.29) is 5.57 Å². The minimum absolute atomic E-state index is 0.00658. The number of rotatable bonds is 4. The number of anilines is 1. The van der Waals surface area contributed by atoms with Crippen LogP contribution >= 0.6 is 0 Å². The van der Waals surface area contributed by atoms with Crippen LogP contribution < -0.4 is 10.1 Å². The summed E-state index contributed by atoms with van der Waals surface area (Å²) in [6.07, 6.45) is 4.70. The van der Waals surface area contributed by atoms with Gasteiger partial charge >= 0.3 is 0 Å². The summed E-state index contributed by atoms with van der Waals surface area (Å²) >= 11 is 0. The predicted molar refractivity (Wildman–Crippen MR) is 79.5 cm³/mol. The molecule has 0 radical (unpaired) electrons. The largest absolute Gasteiger partial charge is 0.495 e. The van der Waals surface area contributed by atoms with Gasteiger partial charge in [-0.3, -0.25) is 9.78 Å². The first-order valence-corrected chi connectivity index (χ1v) is 6.21. The van der Waals surface area contributed by atoms with Crippen molar-refractivity contribution < 1.29 is 9.53 Å². The number of benzene rings is 1. The third kappa shape index (κ3) is 3.67. The number of aromatic nitrogens is 1. The Hall–Kier alpha value is -3.13. The normalized spacial score (nSPS) is 10.6. The summed E-state index contributed by atoms with van der Waals surface area (Å²) in [6.45, 7) is 0. The number of nitriles is 1. The van der Waals surface area contributed by atoms with Crippen molar-refractivity contribution in [3.05, 3.63) is 59.9 Å². The average molecular weight is 279 g/mol. The third-order valence-electron chi connectivity index (χ3n) is 2.74. The molecular formula is C16H13N3O2. The SMILES string of the molecule is COc1ccccc1NC(=O)/C(C#N)=C/c1ccncc1. The second-order valence-corrected chi connectivity index (χ2v) is 4.10. The molecule has 0 aliphatic heterocycles. The first-order valence-electron chi connectivity index (χ1n) is 6.21. The van der Waals surface area contributed by atoms with Crippen molar-refractivity contribution in [3.63, 3.8) is 0 Å². The van der Waals surface area contributed by atoms with Crippen molar-refractivity contribution >= 4 is 17.7 Å². The number of nitrogens with one attached hydrogen (secondary N) is 1. The van der Waals surface area contributed by atoms with Gasteiger partial charge in [-0.2, -0.15) is 5.26 Å². The summed E-state index contributed by atoms with van der Waals surface area (Å²) in [4.78, 5) is 16.0. The fraction of sp³-hybridized carbons (Fsp3) is 0.0625. The van der Waals surface area contributed by atoms with Gasteiger partial charge in [0.2, 0.25) is 0 Å². The molecule has 0 atom stereocenters. The number of carbonyl (C=O) groups excluding carboxylic acids is 1. The van der Waals surface area contributed by atoms with Gasteiger partial charge in [-0.1, -0.05) is 12.1 Å². The molecule has 5 nitrogen and oxygen atoms in total. The zero-order chi connectivity index (χ0) is 15.1. The van der Waals surface area contributed by atoms with Gasteiger partial charge in [-0.15, -0.1) is 0 Å². The summed E-state index contributed by atoms with van der Waals surface area (Å²) in [6, 6.07) is 12.3. The number of methoxy groups -OCH3 is 1. The van der Waals surface area contributed by atoms with Crippen molar-refractivity contribution in [2.24, 2.45) is 0 Å². The van der Waals surface area contributed by atoms with Gasteiger partial charge in [0.15, 0.2) is 0 Å². The van der Waals surface area contributed by atoms with Crippen LogP contribution in [0.1, 0.15) is 5.56 Å². The van der Waals surface area contributed by atoms with E-state index in [4.69, 9.17) is 10.00 Å². The van der Waals surface area contributed by atoms with Gasteiger partial charge in [0.05, 0.1) is 12.8 Å². The highest BCUT2D eigenvalue weighted by atomic mass is 16.5. The predicted octanol–water partition coefficient (Wildman–Crippen LogP) is 2.64. The van der Waals surface area contributed by atoms with Gasteiger partial charge < -0.3 is 10.1 Å². The summed E-state index contributed by atoms with van der Waals surface area (Å²) < 4.78 is 5.15. The van der Waals surface area contributed by atoms with E-state index in [0.717, 1.165) is 5.56 Å². The zero-order valence-electron chi connectivity index (χ0n) is 11.4. The van der Waals surface area contributed by atoms with E-state index in [2.05, 4.69) is 10.3 Å². The Bertz CT molecular complexity index is 703. The molecular weight excluding hydrogens is 266 g/mol. The van der Waals surface area contributed by atoms with Crippen molar-refractivity contribution in [2.45, 2.75) is 0 Å². The van der Waals surface area contributed by atoms with Crippen molar-refractivity contribution in [1.29, 1.82) is 5.26 Å². The Labute approximate surface area is 122 Å². The molecule has 0 aliphatic carbocycles. The van der Waals surface area contributed by atoms with E-state index in [1.165, 1.54) is 13.2 Å². The number of carbonyl (C=O) groups is 1. The van der Waals surface area contributed by atoms with Crippen LogP contribution in [0.3, 0.4) is 0 Å². The van der Waals surface area contributed by atoms with E-state index < -0.39 is 5.91 Å². The van der Waals surface area contributed by atoms with E-state index in [0.29, 0.717) is 11.4 Å². The van der Waals surface area contributed by atoms with Crippen molar-refractivity contribution in [1.82, 2.24) is 4.98 Å². The molecule has 1 aromatic carbocycles. The van der Waals surface area contributed by atoms with Crippen molar-refractivity contribution in [3.8, 4) is 11.8 Å². The van der Waals surface area contributed by atoms with E-state index in [1.807, 2.05) is 6.07 Å². The summed E-state index contributed by atoms with van der Waals surface area (Å²) in [7, 11) is 1.52. The Morgan fingerprint density at radius 3 is 2.67 bits per heavy atom. The highest BCUT2D eigenvalue weighted by Gasteiger charge is 2.11. The maximum Gasteiger partial charge on any atom is 0.266 e. The molecule has 21 heavy (non-hydrogen) atoms. The van der Waals surface area contributed by atoms with Crippen LogP contribution in [0.5, 0.6) is 5.75 Å². The minimum atomic E-state index is -0.487. The summed E-state index contributed by atoms with van der Waals surface area (Å²) in [5, 5.41) is 11.8. The molecule has 0 bridgehead atoms. The Kier molecular flexibility index (Phi) is 4.67. The van der Waals surface area contributed by atoms with Crippen LogP contribution in [0.25, 0.3) is 6.08 Å². The highest BCUT2D eigenvalue weighted by Crippen LogP contribution is 2.23. The summed E-state index contributed by atoms with van der Waals surface area (Å²) in [5.74, 6) is 0.0471. The fourth-order valence-electron chi connectivity index (χ4n) is 1.71. The third-order valence-corrected chi connectivity index (χ3v) is 2.74. The quantitative estimate of drug-likeness (QED) is 0.689. The molecule has 0 unspecified atom stereocenters. The van der Waals surface area contributed by atoms with Crippen LogP contribution in [0, 0.1) is 11.3 Å². The number of pyridine rings is 1. The lowest BCUT2D eigenvalue weighted by atomic mass is 10.1. The maximum atomic E-state index is 12.1. The van der Waals surface area contributed by atoms with E-state index >= 15 is 0 Å². The molecule has 104 valence electrons. The topological polar surface area (TPSA) is 75.0 Å². The number of para-hydroxylation sites is 2. The molecule has 0 saturated carbocycles. The molecule has 0 aliphatic rings. The monoisotopic (exact) mass is 279 g/mol. The first kappa shape index (κ1) is 14.3. The summed E-state index contributed by atoms with van der Waals surface area (Å²) in [5.41, 5.74) is 1.25. The lowest BCUT2D eigenvalue weighted by Gasteiger charge is -2.09. The molecule has 1 heterocycles. The lowest BCUT2D eigenvalue weighted by Crippen LogP contribution is -2.14. The Morgan fingerprint density at radius 2 is 2.00 bits per heavy atom. The molecule has 2 rings (SSSR count). The molecule has 5 heteroatoms. The minimum Gasteiger partial charge on any atom is -0.495 e. The van der Waals surface area contributed by atoms with Gasteiger partial charge in [-0.25, -0.2) is 0 Å². The van der Waals surface area contributed by atoms with Gasteiger partial charge in [0.1, 0.15) is 17.4 Å². The molecule has 1 amide bonds. The number of hydrogen-bond donors (Lipinski definition) is 1. The zero-order valence-corrected chi connectivity index (χ0v) is 11.4. The molecule has 0 saturated heterocycles. The van der Waals surface area contributed by atoms with Gasteiger partial charge in [0.25, 0.3) is 5.91 Å². The smallest absolute Gasteiger partial charge is 0.266 e. The van der Waals surface area contributed by atoms with E-state index in [9.17, 15) is 4.79 Å². The highest BCUT2D eigenvalue weighted by molar-refractivity contribution is 6.10. The Morgan fingerprint density at radius 1 is 1.29 bits per heavy atom. The number of hydrogen-bond acceptors (Lipinski definition) is 4. The molecule has 0 fully saturated rings. The van der Waals surface area contributed by atoms with E-state index in [1.54, 1.807) is 48.8 Å². The first-order chi connectivity index (χ1) is 10.2. The average Bonchev–Trinajstić information content (AvgIpc) is 2.54. The standard InChI is InChI=1S/C16H13N3O2/c1-21-15-5-3-2-4-14(15)19-16(20)13(11-17)10-12-6-8-18-9-7-12/h2-10H,1H3,(H,19,20)/b13-10+. The van der Waals surface area contributed by atoms with Crippen LogP contribution in [0.2, 0.25) is 0 Å². The number of amides is 1. The van der Waals surface area contributed by atoms with Crippen LogP contribution in [0.15, 0.2) is 54.4 Å².